The van der Waals surface area contributed by atoms with Crippen LogP contribution in [0.1, 0.15) is 50.9 Å². The molecule has 4 aromatic rings. The molecule has 0 saturated heterocycles. The van der Waals surface area contributed by atoms with Crippen LogP contribution in [0.4, 0.5) is 0 Å². The van der Waals surface area contributed by atoms with Crippen LogP contribution >= 0.6 is 0 Å². The van der Waals surface area contributed by atoms with Crippen molar-refractivity contribution in [3.05, 3.63) is 59.5 Å². The number of carboxylic acid groups (broad SMARTS) is 1. The van der Waals surface area contributed by atoms with Gasteiger partial charge in [-0.1, -0.05) is 34.1 Å². The first kappa shape index (κ1) is 23.7. The quantitative estimate of drug-likeness (QED) is 0.279. The van der Waals surface area contributed by atoms with Crippen molar-refractivity contribution in [2.75, 3.05) is 13.2 Å². The molecule has 0 unspecified atom stereocenters. The highest BCUT2D eigenvalue weighted by molar-refractivity contribution is 5.86. The SMILES string of the molecule is CCCc1c(OCCc2cc3cc(OCC(=O)O)ccc3[nH]2)ccc2c(CC(C)(C)C)coc12. The van der Waals surface area contributed by atoms with Gasteiger partial charge in [-0.15, -0.1) is 0 Å². The average Bonchev–Trinajstić information content (AvgIpc) is 3.36. The van der Waals surface area contributed by atoms with E-state index < -0.39 is 5.97 Å². The summed E-state index contributed by atoms with van der Waals surface area (Å²) in [5.41, 5.74) is 5.55. The van der Waals surface area contributed by atoms with Gasteiger partial charge in [-0.05, 0) is 60.2 Å². The summed E-state index contributed by atoms with van der Waals surface area (Å²) in [5.74, 6) is 0.428. The van der Waals surface area contributed by atoms with Gasteiger partial charge in [0.15, 0.2) is 6.61 Å². The van der Waals surface area contributed by atoms with Crippen LogP contribution in [-0.4, -0.2) is 29.3 Å². The Bertz CT molecular complexity index is 1290. The number of aromatic amines is 1. The van der Waals surface area contributed by atoms with Gasteiger partial charge in [-0.25, -0.2) is 4.79 Å². The number of aromatic nitrogens is 1. The minimum atomic E-state index is -0.993. The molecule has 0 amide bonds. The molecule has 0 saturated carbocycles. The third-order valence-electron chi connectivity index (χ3n) is 5.74. The molecule has 0 radical (unpaired) electrons. The van der Waals surface area contributed by atoms with Crippen molar-refractivity contribution in [1.82, 2.24) is 4.98 Å². The molecular weight excluding hydrogens is 430 g/mol. The number of aliphatic carboxylic acids is 1. The Morgan fingerprint density at radius 2 is 1.91 bits per heavy atom. The molecule has 180 valence electrons. The summed E-state index contributed by atoms with van der Waals surface area (Å²) in [4.78, 5) is 14.1. The highest BCUT2D eigenvalue weighted by Crippen LogP contribution is 2.35. The van der Waals surface area contributed by atoms with E-state index in [0.29, 0.717) is 12.4 Å². The number of aryl methyl sites for hydroxylation is 1. The summed E-state index contributed by atoms with van der Waals surface area (Å²) in [6.07, 6.45) is 5.50. The molecule has 2 heterocycles. The van der Waals surface area contributed by atoms with Gasteiger partial charge in [0.25, 0.3) is 0 Å². The second-order valence-electron chi connectivity index (χ2n) is 9.99. The number of ether oxygens (including phenoxy) is 2. The fourth-order valence-electron chi connectivity index (χ4n) is 4.33. The van der Waals surface area contributed by atoms with Gasteiger partial charge < -0.3 is 24.0 Å². The van der Waals surface area contributed by atoms with E-state index in [9.17, 15) is 4.79 Å². The summed E-state index contributed by atoms with van der Waals surface area (Å²) >= 11 is 0. The lowest BCUT2D eigenvalue weighted by atomic mass is 9.88. The fraction of sp³-hybridized carbons (Fsp3) is 0.393. The summed E-state index contributed by atoms with van der Waals surface area (Å²) < 4.78 is 17.5. The molecule has 0 aliphatic carbocycles. The normalized spacial score (nSPS) is 11.9. The lowest BCUT2D eigenvalue weighted by Crippen LogP contribution is -2.09. The van der Waals surface area contributed by atoms with Crippen molar-refractivity contribution in [2.45, 2.75) is 53.4 Å². The van der Waals surface area contributed by atoms with E-state index >= 15 is 0 Å². The second kappa shape index (κ2) is 9.84. The largest absolute Gasteiger partial charge is 0.493 e. The zero-order valence-corrected chi connectivity index (χ0v) is 20.4. The molecule has 0 aliphatic heterocycles. The minimum absolute atomic E-state index is 0.194. The molecule has 2 aromatic carbocycles. The van der Waals surface area contributed by atoms with Gasteiger partial charge >= 0.3 is 5.97 Å². The number of carboxylic acids is 1. The number of carbonyl (C=O) groups is 1. The fourth-order valence-corrected chi connectivity index (χ4v) is 4.33. The monoisotopic (exact) mass is 463 g/mol. The van der Waals surface area contributed by atoms with Gasteiger partial charge in [0.05, 0.1) is 12.9 Å². The summed E-state index contributed by atoms with van der Waals surface area (Å²) in [5, 5.41) is 11.0. The van der Waals surface area contributed by atoms with Crippen LogP contribution in [-0.2, 0) is 24.1 Å². The van der Waals surface area contributed by atoms with E-state index in [0.717, 1.165) is 59.2 Å². The number of hydrogen-bond donors (Lipinski definition) is 2. The first-order valence-electron chi connectivity index (χ1n) is 11.8. The number of H-pyrrole nitrogens is 1. The molecule has 0 spiro atoms. The van der Waals surface area contributed by atoms with Crippen molar-refractivity contribution >= 4 is 27.8 Å². The first-order valence-corrected chi connectivity index (χ1v) is 11.8. The predicted octanol–water partition coefficient (Wildman–Crippen LogP) is 6.54. The van der Waals surface area contributed by atoms with Crippen LogP contribution in [0.25, 0.3) is 21.9 Å². The molecule has 0 aliphatic rings. The third kappa shape index (κ3) is 5.56. The Kier molecular flexibility index (Phi) is 6.87. The van der Waals surface area contributed by atoms with Crippen molar-refractivity contribution in [1.29, 1.82) is 0 Å². The molecule has 4 rings (SSSR count). The molecule has 6 heteroatoms. The second-order valence-corrected chi connectivity index (χ2v) is 9.99. The third-order valence-corrected chi connectivity index (χ3v) is 5.74. The van der Waals surface area contributed by atoms with Gasteiger partial charge in [0.1, 0.15) is 17.1 Å². The van der Waals surface area contributed by atoms with Gasteiger partial charge in [0.2, 0.25) is 0 Å². The maximum atomic E-state index is 10.7. The van der Waals surface area contributed by atoms with Crippen molar-refractivity contribution in [2.24, 2.45) is 5.41 Å². The number of nitrogens with one attached hydrogen (secondary N) is 1. The Labute approximate surface area is 199 Å². The Balaban J connectivity index is 1.47. The molecular formula is C28H33NO5. The summed E-state index contributed by atoms with van der Waals surface area (Å²) in [7, 11) is 0. The molecule has 0 bridgehead atoms. The van der Waals surface area contributed by atoms with Crippen molar-refractivity contribution < 1.29 is 23.8 Å². The predicted molar refractivity (Wildman–Crippen MR) is 134 cm³/mol. The highest BCUT2D eigenvalue weighted by atomic mass is 16.5. The van der Waals surface area contributed by atoms with Gasteiger partial charge in [0, 0.05) is 34.0 Å². The summed E-state index contributed by atoms with van der Waals surface area (Å²) in [6.45, 7) is 9.07. The van der Waals surface area contributed by atoms with Crippen LogP contribution in [0.3, 0.4) is 0 Å². The van der Waals surface area contributed by atoms with E-state index in [1.165, 1.54) is 10.9 Å². The molecule has 0 fully saturated rings. The lowest BCUT2D eigenvalue weighted by molar-refractivity contribution is -0.139. The average molecular weight is 464 g/mol. The highest BCUT2D eigenvalue weighted by Gasteiger charge is 2.19. The lowest BCUT2D eigenvalue weighted by Gasteiger charge is -2.17. The Hall–Kier alpha value is -3.41. The Morgan fingerprint density at radius 3 is 2.65 bits per heavy atom. The molecule has 2 N–H and O–H groups in total. The standard InChI is InChI=1S/C28H33NO5/c1-5-6-23-25(10-8-22-19(15-28(2,3)4)16-34-27(22)23)32-12-11-20-13-18-14-21(33-17-26(30)31)7-9-24(18)29-20/h7-10,13-14,16,29H,5-6,11-12,15,17H2,1-4H3,(H,30,31). The number of fused-ring (bicyclic) bond motifs is 2. The van der Waals surface area contributed by atoms with E-state index in [2.05, 4.69) is 44.8 Å². The molecule has 2 aromatic heterocycles. The summed E-state index contributed by atoms with van der Waals surface area (Å²) in [6, 6.07) is 11.8. The number of benzene rings is 2. The maximum absolute atomic E-state index is 10.7. The number of furan rings is 1. The molecule has 0 atom stereocenters. The Morgan fingerprint density at radius 1 is 1.09 bits per heavy atom. The zero-order chi connectivity index (χ0) is 24.3. The van der Waals surface area contributed by atoms with Gasteiger partial charge in [-0.2, -0.15) is 0 Å². The van der Waals surface area contributed by atoms with Crippen molar-refractivity contribution in [3.63, 3.8) is 0 Å². The minimum Gasteiger partial charge on any atom is -0.493 e. The van der Waals surface area contributed by atoms with Crippen LogP contribution in [0, 0.1) is 5.41 Å². The number of hydrogen-bond acceptors (Lipinski definition) is 4. The van der Waals surface area contributed by atoms with E-state index in [4.69, 9.17) is 19.0 Å². The topological polar surface area (TPSA) is 84.7 Å². The van der Waals surface area contributed by atoms with Crippen molar-refractivity contribution in [3.8, 4) is 11.5 Å². The number of rotatable bonds is 10. The molecule has 6 nitrogen and oxygen atoms in total. The van der Waals surface area contributed by atoms with E-state index in [1.54, 1.807) is 6.07 Å². The van der Waals surface area contributed by atoms with Gasteiger partial charge in [-0.3, -0.25) is 0 Å². The van der Waals surface area contributed by atoms with Crippen LogP contribution in [0.5, 0.6) is 11.5 Å². The molecule has 34 heavy (non-hydrogen) atoms. The van der Waals surface area contributed by atoms with E-state index in [-0.39, 0.29) is 12.0 Å². The first-order chi connectivity index (χ1) is 16.2. The van der Waals surface area contributed by atoms with Crippen LogP contribution in [0.15, 0.2) is 47.1 Å². The maximum Gasteiger partial charge on any atom is 0.341 e. The smallest absolute Gasteiger partial charge is 0.341 e. The zero-order valence-electron chi connectivity index (χ0n) is 20.4. The van der Waals surface area contributed by atoms with Crippen LogP contribution in [0.2, 0.25) is 0 Å². The van der Waals surface area contributed by atoms with Crippen LogP contribution < -0.4 is 9.47 Å². The van der Waals surface area contributed by atoms with E-state index in [1.807, 2.05) is 24.5 Å².